The van der Waals surface area contributed by atoms with E-state index >= 15 is 0 Å². The highest BCUT2D eigenvalue weighted by atomic mass is 16.6. The van der Waals surface area contributed by atoms with Gasteiger partial charge in [0.25, 0.3) is 0 Å². The third-order valence-electron chi connectivity index (χ3n) is 2.81. The van der Waals surface area contributed by atoms with E-state index in [4.69, 9.17) is 9.47 Å². The molecule has 1 aliphatic rings. The van der Waals surface area contributed by atoms with Crippen molar-refractivity contribution >= 4 is 17.6 Å². The number of amides is 1. The highest BCUT2D eigenvalue weighted by Gasteiger charge is 2.19. The Hall–Kier alpha value is -2.37. The maximum Gasteiger partial charge on any atom is 0.354 e. The smallest absolute Gasteiger partial charge is 0.354 e. The van der Waals surface area contributed by atoms with E-state index in [9.17, 15) is 9.59 Å². The molecule has 1 N–H and O–H groups in total. The van der Waals surface area contributed by atoms with Crippen LogP contribution in [-0.2, 0) is 14.3 Å². The summed E-state index contributed by atoms with van der Waals surface area (Å²) in [5.74, 6) is 0.0636. The van der Waals surface area contributed by atoms with Crippen molar-refractivity contribution in [3.8, 4) is 5.75 Å². The number of esters is 1. The summed E-state index contributed by atoms with van der Waals surface area (Å²) in [7, 11) is 0. The van der Waals surface area contributed by atoms with Gasteiger partial charge in [-0.2, -0.15) is 5.10 Å². The third-order valence-corrected chi connectivity index (χ3v) is 2.81. The first-order chi connectivity index (χ1) is 9.66. The molecule has 0 aromatic heterocycles. The number of hydrazone groups is 1. The Morgan fingerprint density at radius 1 is 1.30 bits per heavy atom. The van der Waals surface area contributed by atoms with Gasteiger partial charge in [0.05, 0.1) is 0 Å². The first kappa shape index (κ1) is 14.0. The van der Waals surface area contributed by atoms with Crippen molar-refractivity contribution < 1.29 is 19.1 Å². The molecule has 0 aliphatic carbocycles. The fourth-order valence-electron chi connectivity index (χ4n) is 1.71. The highest BCUT2D eigenvalue weighted by molar-refractivity contribution is 6.37. The van der Waals surface area contributed by atoms with E-state index in [0.717, 1.165) is 11.3 Å². The number of aryl methyl sites for hydroxylation is 1. The molecule has 0 fully saturated rings. The molecule has 20 heavy (non-hydrogen) atoms. The second kappa shape index (κ2) is 6.70. The zero-order valence-electron chi connectivity index (χ0n) is 11.2. The van der Waals surface area contributed by atoms with Gasteiger partial charge in [0.1, 0.15) is 24.7 Å². The Kier molecular flexibility index (Phi) is 4.70. The third kappa shape index (κ3) is 3.81. The molecule has 2 rings (SSSR count). The Labute approximate surface area is 116 Å². The molecule has 1 aliphatic heterocycles. The molecular weight excluding hydrogens is 260 g/mol. The molecule has 106 valence electrons. The van der Waals surface area contributed by atoms with Crippen molar-refractivity contribution in [2.24, 2.45) is 5.10 Å². The van der Waals surface area contributed by atoms with E-state index in [2.05, 4.69) is 10.5 Å². The van der Waals surface area contributed by atoms with Gasteiger partial charge >= 0.3 is 5.97 Å². The molecule has 0 atom stereocenters. The minimum Gasteiger partial charge on any atom is -0.490 e. The lowest BCUT2D eigenvalue weighted by molar-refractivity contribution is -0.136. The second-order valence-corrected chi connectivity index (χ2v) is 4.34. The van der Waals surface area contributed by atoms with Crippen LogP contribution in [0.3, 0.4) is 0 Å². The van der Waals surface area contributed by atoms with Crippen LogP contribution in [0.2, 0.25) is 0 Å². The van der Waals surface area contributed by atoms with Crippen LogP contribution in [0.1, 0.15) is 18.4 Å². The molecule has 0 saturated heterocycles. The molecule has 0 saturated carbocycles. The molecule has 1 heterocycles. The van der Waals surface area contributed by atoms with E-state index in [1.54, 1.807) is 0 Å². The van der Waals surface area contributed by atoms with Gasteiger partial charge in [0, 0.05) is 12.8 Å². The fourth-order valence-corrected chi connectivity index (χ4v) is 1.71. The normalized spacial score (nSPS) is 14.2. The van der Waals surface area contributed by atoms with E-state index < -0.39 is 5.97 Å². The van der Waals surface area contributed by atoms with Crippen LogP contribution in [0.4, 0.5) is 0 Å². The summed E-state index contributed by atoms with van der Waals surface area (Å²) in [6.07, 6.45) is 0.566. The first-order valence-electron chi connectivity index (χ1n) is 6.38. The van der Waals surface area contributed by atoms with Crippen LogP contribution in [-0.4, -0.2) is 30.8 Å². The predicted octanol–water partition coefficient (Wildman–Crippen LogP) is 1.18. The van der Waals surface area contributed by atoms with Crippen LogP contribution < -0.4 is 10.2 Å². The first-order valence-corrected chi connectivity index (χ1v) is 6.38. The average Bonchev–Trinajstić information content (AvgIpc) is 2.46. The minimum absolute atomic E-state index is 0.139. The molecule has 6 heteroatoms. The van der Waals surface area contributed by atoms with Crippen molar-refractivity contribution in [3.05, 3.63) is 29.8 Å². The van der Waals surface area contributed by atoms with Crippen molar-refractivity contribution in [3.63, 3.8) is 0 Å². The molecule has 1 aromatic rings. The molecule has 0 bridgehead atoms. The predicted molar refractivity (Wildman–Crippen MR) is 72.4 cm³/mol. The molecular formula is C14H16N2O4. The molecule has 1 aromatic carbocycles. The molecule has 1 amide bonds. The number of hydrogen-bond donors (Lipinski definition) is 1. The number of nitrogens with zero attached hydrogens (tertiary/aromatic N) is 1. The number of rotatable bonds is 5. The van der Waals surface area contributed by atoms with Crippen molar-refractivity contribution in [2.75, 3.05) is 13.2 Å². The zero-order valence-corrected chi connectivity index (χ0v) is 11.2. The van der Waals surface area contributed by atoms with Crippen LogP contribution >= 0.6 is 0 Å². The lowest BCUT2D eigenvalue weighted by Crippen LogP contribution is -2.31. The Balaban J connectivity index is 1.72. The summed E-state index contributed by atoms with van der Waals surface area (Å²) in [6.45, 7) is 2.36. The van der Waals surface area contributed by atoms with Crippen molar-refractivity contribution in [1.29, 1.82) is 0 Å². The Bertz CT molecular complexity index is 540. The quantitative estimate of drug-likeness (QED) is 0.647. The fraction of sp³-hybridized carbons (Fsp3) is 0.357. The van der Waals surface area contributed by atoms with Crippen molar-refractivity contribution in [2.45, 2.75) is 19.8 Å². The summed E-state index contributed by atoms with van der Waals surface area (Å²) in [6, 6.07) is 7.62. The van der Waals surface area contributed by atoms with Crippen LogP contribution in [0, 0.1) is 6.92 Å². The van der Waals surface area contributed by atoms with E-state index in [0.29, 0.717) is 6.42 Å². The van der Waals surface area contributed by atoms with Gasteiger partial charge in [-0.3, -0.25) is 4.79 Å². The largest absolute Gasteiger partial charge is 0.490 e. The van der Waals surface area contributed by atoms with Gasteiger partial charge in [0.15, 0.2) is 0 Å². The maximum absolute atomic E-state index is 11.6. The number of carbonyl (C=O) groups excluding carboxylic acids is 2. The summed E-state index contributed by atoms with van der Waals surface area (Å²) >= 11 is 0. The number of para-hydroxylation sites is 1. The lowest BCUT2D eigenvalue weighted by Gasteiger charge is -2.12. The SMILES string of the molecule is Cc1ccccc1OCCOC(=O)C1=NNC(=O)CC1. The highest BCUT2D eigenvalue weighted by Crippen LogP contribution is 2.15. The maximum atomic E-state index is 11.6. The number of carbonyl (C=O) groups is 2. The number of hydrogen-bond acceptors (Lipinski definition) is 5. The monoisotopic (exact) mass is 276 g/mol. The standard InChI is InChI=1S/C14H16N2O4/c1-10-4-2-3-5-12(10)19-8-9-20-14(18)11-6-7-13(17)16-15-11/h2-5H,6-9H2,1H3,(H,16,17). The minimum atomic E-state index is -0.515. The average molecular weight is 276 g/mol. The number of nitrogens with one attached hydrogen (secondary N) is 1. The Morgan fingerprint density at radius 3 is 2.80 bits per heavy atom. The summed E-state index contributed by atoms with van der Waals surface area (Å²) in [5.41, 5.74) is 3.52. The molecule has 0 radical (unpaired) electrons. The van der Waals surface area contributed by atoms with E-state index in [-0.39, 0.29) is 31.3 Å². The lowest BCUT2D eigenvalue weighted by atomic mass is 10.2. The van der Waals surface area contributed by atoms with Gasteiger partial charge in [-0.05, 0) is 18.6 Å². The van der Waals surface area contributed by atoms with Crippen molar-refractivity contribution in [1.82, 2.24) is 5.43 Å². The molecule has 0 spiro atoms. The molecule has 6 nitrogen and oxygen atoms in total. The summed E-state index contributed by atoms with van der Waals surface area (Å²) in [5, 5.41) is 3.66. The van der Waals surface area contributed by atoms with Gasteiger partial charge in [0.2, 0.25) is 5.91 Å². The van der Waals surface area contributed by atoms with Crippen LogP contribution in [0.5, 0.6) is 5.75 Å². The molecule has 0 unspecified atom stereocenters. The second-order valence-electron chi connectivity index (χ2n) is 4.34. The van der Waals surface area contributed by atoms with Gasteiger partial charge < -0.3 is 9.47 Å². The van der Waals surface area contributed by atoms with E-state index in [1.807, 2.05) is 31.2 Å². The van der Waals surface area contributed by atoms with Crippen LogP contribution in [0.15, 0.2) is 29.4 Å². The topological polar surface area (TPSA) is 77.0 Å². The zero-order chi connectivity index (χ0) is 14.4. The number of benzene rings is 1. The Morgan fingerprint density at radius 2 is 2.10 bits per heavy atom. The number of ether oxygens (including phenoxy) is 2. The van der Waals surface area contributed by atoms with Gasteiger partial charge in [-0.25, -0.2) is 10.2 Å². The summed E-state index contributed by atoms with van der Waals surface area (Å²) < 4.78 is 10.5. The summed E-state index contributed by atoms with van der Waals surface area (Å²) in [4.78, 5) is 22.5. The van der Waals surface area contributed by atoms with Gasteiger partial charge in [-0.1, -0.05) is 18.2 Å². The van der Waals surface area contributed by atoms with Crippen LogP contribution in [0.25, 0.3) is 0 Å². The van der Waals surface area contributed by atoms with E-state index in [1.165, 1.54) is 0 Å². The van der Waals surface area contributed by atoms with Gasteiger partial charge in [-0.15, -0.1) is 0 Å².